The van der Waals surface area contributed by atoms with Crippen LogP contribution >= 0.6 is 23.2 Å². The molecule has 4 rings (SSSR count). The number of nitrogens with zero attached hydrogens (tertiary/aromatic N) is 1. The maximum atomic E-state index is 12.8. The number of benzene rings is 1. The molecule has 4 nitrogen and oxygen atoms in total. The summed E-state index contributed by atoms with van der Waals surface area (Å²) in [7, 11) is 0. The van der Waals surface area contributed by atoms with E-state index in [1.54, 1.807) is 36.5 Å². The van der Waals surface area contributed by atoms with Crippen LogP contribution in [0.25, 0.3) is 0 Å². The number of hydrogen-bond acceptors (Lipinski definition) is 3. The van der Waals surface area contributed by atoms with Gasteiger partial charge in [0, 0.05) is 28.0 Å². The summed E-state index contributed by atoms with van der Waals surface area (Å²) in [5, 5.41) is 7.41. The van der Waals surface area contributed by atoms with Crippen molar-refractivity contribution >= 4 is 40.6 Å². The Bertz CT molecular complexity index is 791. The highest BCUT2D eigenvalue weighted by molar-refractivity contribution is 6.35. The van der Waals surface area contributed by atoms with Crippen LogP contribution in [0, 0.1) is 11.8 Å². The van der Waals surface area contributed by atoms with E-state index in [-0.39, 0.29) is 5.91 Å². The number of carbonyl (C=O) groups is 1. The molecule has 0 unspecified atom stereocenters. The predicted octanol–water partition coefficient (Wildman–Crippen LogP) is 5.05. The van der Waals surface area contributed by atoms with E-state index < -0.39 is 0 Å². The summed E-state index contributed by atoms with van der Waals surface area (Å²) in [6.07, 6.45) is 6.55. The third-order valence-electron chi connectivity index (χ3n) is 5.23. The van der Waals surface area contributed by atoms with Crippen molar-refractivity contribution in [2.75, 3.05) is 5.32 Å². The standard InChI is InChI=1S/C19H19Cl2N3O/c20-13-8-14(21)10-15(9-13)23-18-16(2-1-5-22-18)19(25)24-17-7-11-3-4-12(17)6-11/h1-2,5,8-12,17H,3-4,6-7H2,(H,22,23)(H,24,25)/t11-,12+,17+/m0/s1. The maximum absolute atomic E-state index is 12.8. The number of hydrogen-bond donors (Lipinski definition) is 2. The number of carbonyl (C=O) groups excluding carboxylic acids is 1. The average molecular weight is 376 g/mol. The van der Waals surface area contributed by atoms with Gasteiger partial charge in [0.2, 0.25) is 0 Å². The van der Waals surface area contributed by atoms with E-state index in [1.165, 1.54) is 19.3 Å². The SMILES string of the molecule is O=C(N[C@@H]1C[C@H]2CC[C@@H]1C2)c1cccnc1Nc1cc(Cl)cc(Cl)c1. The minimum atomic E-state index is -0.0822. The summed E-state index contributed by atoms with van der Waals surface area (Å²) in [6, 6.07) is 9.00. The second-order valence-corrected chi connectivity index (χ2v) is 7.81. The Labute approximate surface area is 156 Å². The Morgan fingerprint density at radius 1 is 1.12 bits per heavy atom. The number of amides is 1. The molecule has 2 bridgehead atoms. The molecule has 2 aromatic rings. The molecule has 2 aliphatic carbocycles. The number of aromatic nitrogens is 1. The van der Waals surface area contributed by atoms with Crippen LogP contribution < -0.4 is 10.6 Å². The normalized spacial score (nSPS) is 24.3. The third kappa shape index (κ3) is 3.60. The van der Waals surface area contributed by atoms with Crippen LogP contribution in [0.4, 0.5) is 11.5 Å². The van der Waals surface area contributed by atoms with Crippen LogP contribution in [0.5, 0.6) is 0 Å². The Morgan fingerprint density at radius 3 is 2.60 bits per heavy atom. The monoisotopic (exact) mass is 375 g/mol. The number of fused-ring (bicyclic) bond motifs is 2. The predicted molar refractivity (Wildman–Crippen MR) is 101 cm³/mol. The van der Waals surface area contributed by atoms with Gasteiger partial charge in [-0.15, -0.1) is 0 Å². The molecule has 1 heterocycles. The van der Waals surface area contributed by atoms with E-state index in [0.717, 1.165) is 12.3 Å². The highest BCUT2D eigenvalue weighted by Gasteiger charge is 2.40. The molecule has 2 fully saturated rings. The summed E-state index contributed by atoms with van der Waals surface area (Å²) >= 11 is 12.1. The van der Waals surface area contributed by atoms with E-state index in [2.05, 4.69) is 15.6 Å². The molecule has 3 atom stereocenters. The molecule has 2 aliphatic rings. The topological polar surface area (TPSA) is 54.0 Å². The molecule has 1 amide bonds. The average Bonchev–Trinajstić information content (AvgIpc) is 3.17. The number of anilines is 2. The van der Waals surface area contributed by atoms with Crippen LogP contribution in [0.1, 0.15) is 36.0 Å². The molecule has 1 aromatic heterocycles. The number of rotatable bonds is 4. The van der Waals surface area contributed by atoms with E-state index in [0.29, 0.717) is 39.1 Å². The zero-order valence-corrected chi connectivity index (χ0v) is 15.1. The number of halogens is 2. The lowest BCUT2D eigenvalue weighted by Gasteiger charge is -2.23. The van der Waals surface area contributed by atoms with Gasteiger partial charge in [0.15, 0.2) is 0 Å². The molecule has 6 heteroatoms. The van der Waals surface area contributed by atoms with Crippen molar-refractivity contribution < 1.29 is 4.79 Å². The first-order valence-electron chi connectivity index (χ1n) is 8.57. The summed E-state index contributed by atoms with van der Waals surface area (Å²) in [5.74, 6) is 1.84. The molecule has 1 aromatic carbocycles. The van der Waals surface area contributed by atoms with Gasteiger partial charge in [0.25, 0.3) is 5.91 Å². The van der Waals surface area contributed by atoms with Gasteiger partial charge in [-0.2, -0.15) is 0 Å². The summed E-state index contributed by atoms with van der Waals surface area (Å²) < 4.78 is 0. The Balaban J connectivity index is 1.53. The summed E-state index contributed by atoms with van der Waals surface area (Å²) in [5.41, 5.74) is 1.23. The lowest BCUT2D eigenvalue weighted by Crippen LogP contribution is -2.38. The number of pyridine rings is 1. The fourth-order valence-corrected chi connectivity index (χ4v) is 4.64. The smallest absolute Gasteiger partial charge is 0.255 e. The fraction of sp³-hybridized carbons (Fsp3) is 0.368. The fourth-order valence-electron chi connectivity index (χ4n) is 4.12. The van der Waals surface area contributed by atoms with Gasteiger partial charge in [-0.3, -0.25) is 4.79 Å². The van der Waals surface area contributed by atoms with Crippen molar-refractivity contribution in [3.05, 3.63) is 52.1 Å². The lowest BCUT2D eigenvalue weighted by atomic mass is 9.95. The molecule has 0 spiro atoms. The first kappa shape index (κ1) is 16.7. The lowest BCUT2D eigenvalue weighted by molar-refractivity contribution is 0.0923. The molecule has 0 saturated heterocycles. The summed E-state index contributed by atoms with van der Waals surface area (Å²) in [6.45, 7) is 0. The van der Waals surface area contributed by atoms with Gasteiger partial charge in [-0.1, -0.05) is 29.6 Å². The second kappa shape index (κ2) is 6.85. The minimum Gasteiger partial charge on any atom is -0.349 e. The summed E-state index contributed by atoms with van der Waals surface area (Å²) in [4.78, 5) is 17.1. The van der Waals surface area contributed by atoms with Crippen LogP contribution in [0.3, 0.4) is 0 Å². The molecule has 0 aliphatic heterocycles. The minimum absolute atomic E-state index is 0.0822. The van der Waals surface area contributed by atoms with Crippen molar-refractivity contribution in [1.82, 2.24) is 10.3 Å². The van der Waals surface area contributed by atoms with Crippen molar-refractivity contribution in [1.29, 1.82) is 0 Å². The van der Waals surface area contributed by atoms with Gasteiger partial charge >= 0.3 is 0 Å². The molecular formula is C19H19Cl2N3O. The van der Waals surface area contributed by atoms with E-state index >= 15 is 0 Å². The molecule has 0 radical (unpaired) electrons. The van der Waals surface area contributed by atoms with Crippen LogP contribution in [-0.4, -0.2) is 16.9 Å². The quantitative estimate of drug-likeness (QED) is 0.785. The zero-order valence-electron chi connectivity index (χ0n) is 13.6. The Kier molecular flexibility index (Phi) is 4.57. The van der Waals surface area contributed by atoms with Crippen molar-refractivity contribution in [3.8, 4) is 0 Å². The Morgan fingerprint density at radius 2 is 1.92 bits per heavy atom. The highest BCUT2D eigenvalue weighted by Crippen LogP contribution is 2.44. The molecule has 25 heavy (non-hydrogen) atoms. The molecule has 130 valence electrons. The molecule has 2 N–H and O–H groups in total. The van der Waals surface area contributed by atoms with Crippen LogP contribution in [0.15, 0.2) is 36.5 Å². The van der Waals surface area contributed by atoms with Gasteiger partial charge in [0.1, 0.15) is 5.82 Å². The van der Waals surface area contributed by atoms with E-state index in [4.69, 9.17) is 23.2 Å². The van der Waals surface area contributed by atoms with Crippen molar-refractivity contribution in [2.24, 2.45) is 11.8 Å². The first-order valence-corrected chi connectivity index (χ1v) is 9.33. The Hall–Kier alpha value is -1.78. The largest absolute Gasteiger partial charge is 0.349 e. The van der Waals surface area contributed by atoms with E-state index in [9.17, 15) is 4.79 Å². The van der Waals surface area contributed by atoms with Gasteiger partial charge < -0.3 is 10.6 Å². The highest BCUT2D eigenvalue weighted by atomic mass is 35.5. The van der Waals surface area contributed by atoms with Gasteiger partial charge in [-0.25, -0.2) is 4.98 Å². The third-order valence-corrected chi connectivity index (χ3v) is 5.67. The second-order valence-electron chi connectivity index (χ2n) is 6.94. The first-order chi connectivity index (χ1) is 12.1. The van der Waals surface area contributed by atoms with Crippen molar-refractivity contribution in [3.63, 3.8) is 0 Å². The zero-order chi connectivity index (χ0) is 17.4. The van der Waals surface area contributed by atoms with Crippen LogP contribution in [0.2, 0.25) is 10.0 Å². The van der Waals surface area contributed by atoms with E-state index in [1.807, 2.05) is 0 Å². The van der Waals surface area contributed by atoms with Gasteiger partial charge in [0.05, 0.1) is 5.56 Å². The maximum Gasteiger partial charge on any atom is 0.255 e. The molecular weight excluding hydrogens is 357 g/mol. The number of nitrogens with one attached hydrogen (secondary N) is 2. The van der Waals surface area contributed by atoms with Gasteiger partial charge in [-0.05, 0) is 61.4 Å². The van der Waals surface area contributed by atoms with Crippen LogP contribution in [-0.2, 0) is 0 Å². The van der Waals surface area contributed by atoms with Crippen molar-refractivity contribution in [2.45, 2.75) is 31.7 Å². The molecule has 2 saturated carbocycles.